The van der Waals surface area contributed by atoms with Crippen molar-refractivity contribution in [2.75, 3.05) is 5.32 Å². The Morgan fingerprint density at radius 1 is 1.14 bits per heavy atom. The maximum absolute atomic E-state index is 11.4. The molecule has 0 aromatic heterocycles. The maximum atomic E-state index is 11.4. The highest BCUT2D eigenvalue weighted by Gasteiger charge is 2.23. The SMILES string of the molecule is Cc1c([N+](=O)[O-])cc(NC(=O)/C=C/C(=O)O)cc1[N+](=O)[O-]. The third-order valence-corrected chi connectivity index (χ3v) is 2.39. The van der Waals surface area contributed by atoms with E-state index in [4.69, 9.17) is 5.11 Å². The molecular weight excluding hydrogens is 286 g/mol. The van der Waals surface area contributed by atoms with Gasteiger partial charge in [-0.1, -0.05) is 0 Å². The Bertz CT molecular complexity index is 631. The number of hydrogen-bond donors (Lipinski definition) is 2. The van der Waals surface area contributed by atoms with Crippen molar-refractivity contribution in [3.05, 3.63) is 50.1 Å². The highest BCUT2D eigenvalue weighted by molar-refractivity contribution is 6.02. The average Bonchev–Trinajstić information content (AvgIpc) is 2.37. The Hall–Kier alpha value is -3.30. The second kappa shape index (κ2) is 6.23. The van der Waals surface area contributed by atoms with Gasteiger partial charge in [0.25, 0.3) is 11.4 Å². The highest BCUT2D eigenvalue weighted by Crippen LogP contribution is 2.31. The van der Waals surface area contributed by atoms with Gasteiger partial charge in [0.1, 0.15) is 5.56 Å². The van der Waals surface area contributed by atoms with Crippen LogP contribution >= 0.6 is 0 Å². The van der Waals surface area contributed by atoms with Crippen LogP contribution in [-0.4, -0.2) is 26.8 Å². The summed E-state index contributed by atoms with van der Waals surface area (Å²) in [5, 5.41) is 32.1. The van der Waals surface area contributed by atoms with Crippen molar-refractivity contribution < 1.29 is 24.5 Å². The molecule has 0 aliphatic carbocycles. The fraction of sp³-hybridized carbons (Fsp3) is 0.0909. The van der Waals surface area contributed by atoms with Crippen LogP contribution in [0.3, 0.4) is 0 Å². The van der Waals surface area contributed by atoms with Gasteiger partial charge in [0.2, 0.25) is 5.91 Å². The van der Waals surface area contributed by atoms with Crippen LogP contribution in [0, 0.1) is 27.2 Å². The molecule has 21 heavy (non-hydrogen) atoms. The van der Waals surface area contributed by atoms with Crippen LogP contribution in [0.15, 0.2) is 24.3 Å². The molecule has 0 fully saturated rings. The second-order valence-corrected chi connectivity index (χ2v) is 3.81. The molecule has 0 bridgehead atoms. The summed E-state index contributed by atoms with van der Waals surface area (Å²) in [4.78, 5) is 41.6. The predicted molar refractivity (Wildman–Crippen MR) is 69.9 cm³/mol. The van der Waals surface area contributed by atoms with E-state index < -0.39 is 33.1 Å². The number of aliphatic carboxylic acids is 1. The lowest BCUT2D eigenvalue weighted by atomic mass is 10.1. The van der Waals surface area contributed by atoms with E-state index in [9.17, 15) is 29.8 Å². The van der Waals surface area contributed by atoms with E-state index >= 15 is 0 Å². The minimum Gasteiger partial charge on any atom is -0.478 e. The van der Waals surface area contributed by atoms with Gasteiger partial charge in [-0.15, -0.1) is 0 Å². The molecule has 0 aliphatic heterocycles. The van der Waals surface area contributed by atoms with E-state index in [1.165, 1.54) is 6.92 Å². The van der Waals surface area contributed by atoms with Gasteiger partial charge < -0.3 is 10.4 Å². The van der Waals surface area contributed by atoms with Crippen molar-refractivity contribution in [2.24, 2.45) is 0 Å². The standard InChI is InChI=1S/C11H9N3O7/c1-6-8(13(18)19)4-7(5-9(6)14(20)21)12-10(15)2-3-11(16)17/h2-5H,1H3,(H,12,15)(H,16,17)/b3-2+. The zero-order valence-corrected chi connectivity index (χ0v) is 10.6. The summed E-state index contributed by atoms with van der Waals surface area (Å²) in [7, 11) is 0. The van der Waals surface area contributed by atoms with E-state index in [0.717, 1.165) is 12.1 Å². The Labute approximate surface area is 117 Å². The first kappa shape index (κ1) is 15.8. The minimum atomic E-state index is -1.36. The molecule has 0 spiro atoms. The second-order valence-electron chi connectivity index (χ2n) is 3.81. The first-order valence-electron chi connectivity index (χ1n) is 5.37. The summed E-state index contributed by atoms with van der Waals surface area (Å²) in [6.07, 6.45) is 1.24. The van der Waals surface area contributed by atoms with Gasteiger partial charge in [0.05, 0.1) is 15.5 Å². The molecule has 0 radical (unpaired) electrons. The summed E-state index contributed by atoms with van der Waals surface area (Å²) < 4.78 is 0. The molecule has 0 unspecified atom stereocenters. The third-order valence-electron chi connectivity index (χ3n) is 2.39. The van der Waals surface area contributed by atoms with Crippen molar-refractivity contribution in [2.45, 2.75) is 6.92 Å². The van der Waals surface area contributed by atoms with Gasteiger partial charge in [-0.2, -0.15) is 0 Å². The molecule has 10 nitrogen and oxygen atoms in total. The van der Waals surface area contributed by atoms with Gasteiger partial charge >= 0.3 is 5.97 Å². The number of nitro benzene ring substituents is 2. The van der Waals surface area contributed by atoms with Gasteiger partial charge in [-0.25, -0.2) is 4.79 Å². The van der Waals surface area contributed by atoms with Crippen LogP contribution < -0.4 is 5.32 Å². The van der Waals surface area contributed by atoms with Crippen molar-refractivity contribution in [3.8, 4) is 0 Å². The molecular formula is C11H9N3O7. The number of benzene rings is 1. The smallest absolute Gasteiger partial charge is 0.328 e. The molecule has 1 amide bonds. The van der Waals surface area contributed by atoms with Crippen molar-refractivity contribution in [1.82, 2.24) is 0 Å². The number of nitrogens with one attached hydrogen (secondary N) is 1. The zero-order chi connectivity index (χ0) is 16.2. The first-order chi connectivity index (χ1) is 9.72. The number of nitrogens with zero attached hydrogens (tertiary/aromatic N) is 2. The number of carbonyl (C=O) groups is 2. The zero-order valence-electron chi connectivity index (χ0n) is 10.6. The van der Waals surface area contributed by atoms with E-state index in [1.54, 1.807) is 0 Å². The first-order valence-corrected chi connectivity index (χ1v) is 5.37. The molecule has 0 heterocycles. The molecule has 1 rings (SSSR count). The van der Waals surface area contributed by atoms with Crippen LogP contribution in [0.25, 0.3) is 0 Å². The number of hydrogen-bond acceptors (Lipinski definition) is 6. The fourth-order valence-electron chi connectivity index (χ4n) is 1.47. The number of nitro groups is 2. The molecule has 2 N–H and O–H groups in total. The number of rotatable bonds is 5. The Kier molecular flexibility index (Phi) is 4.68. The van der Waals surface area contributed by atoms with E-state index in [1.807, 2.05) is 0 Å². The van der Waals surface area contributed by atoms with Gasteiger partial charge in [-0.05, 0) is 6.92 Å². The average molecular weight is 295 g/mol. The Balaban J connectivity index is 3.19. The van der Waals surface area contributed by atoms with Gasteiger partial charge in [0.15, 0.2) is 0 Å². The van der Waals surface area contributed by atoms with Crippen LogP contribution in [0.2, 0.25) is 0 Å². The minimum absolute atomic E-state index is 0.149. The van der Waals surface area contributed by atoms with E-state index in [2.05, 4.69) is 5.32 Å². The lowest BCUT2D eigenvalue weighted by molar-refractivity contribution is -0.395. The van der Waals surface area contributed by atoms with Crippen LogP contribution in [0.1, 0.15) is 5.56 Å². The largest absolute Gasteiger partial charge is 0.478 e. The third kappa shape index (κ3) is 4.09. The molecule has 0 aliphatic rings. The van der Waals surface area contributed by atoms with Crippen LogP contribution in [0.5, 0.6) is 0 Å². The highest BCUT2D eigenvalue weighted by atomic mass is 16.6. The topological polar surface area (TPSA) is 153 Å². The summed E-state index contributed by atoms with van der Waals surface area (Å²) >= 11 is 0. The maximum Gasteiger partial charge on any atom is 0.328 e. The molecule has 0 saturated carbocycles. The lowest BCUT2D eigenvalue weighted by Crippen LogP contribution is -2.10. The van der Waals surface area contributed by atoms with Crippen molar-refractivity contribution in [3.63, 3.8) is 0 Å². The van der Waals surface area contributed by atoms with Crippen LogP contribution in [-0.2, 0) is 9.59 Å². The molecule has 10 heteroatoms. The quantitative estimate of drug-likeness (QED) is 0.472. The van der Waals surface area contributed by atoms with Gasteiger partial charge in [0, 0.05) is 24.3 Å². The Morgan fingerprint density at radius 3 is 2.00 bits per heavy atom. The molecule has 0 atom stereocenters. The molecule has 0 saturated heterocycles. The summed E-state index contributed by atoms with van der Waals surface area (Å²) in [5.41, 5.74) is -1.38. The number of amides is 1. The van der Waals surface area contributed by atoms with E-state index in [-0.39, 0.29) is 11.3 Å². The number of carboxylic acid groups (broad SMARTS) is 1. The predicted octanol–water partition coefficient (Wildman–Crippen LogP) is 1.39. The summed E-state index contributed by atoms with van der Waals surface area (Å²) in [6, 6.07) is 1.91. The van der Waals surface area contributed by atoms with E-state index in [0.29, 0.717) is 12.2 Å². The van der Waals surface area contributed by atoms with Crippen molar-refractivity contribution >= 4 is 28.9 Å². The molecule has 110 valence electrons. The van der Waals surface area contributed by atoms with Gasteiger partial charge in [-0.3, -0.25) is 25.0 Å². The fourth-order valence-corrected chi connectivity index (χ4v) is 1.47. The lowest BCUT2D eigenvalue weighted by Gasteiger charge is -2.05. The molecule has 1 aromatic rings. The number of anilines is 1. The summed E-state index contributed by atoms with van der Waals surface area (Å²) in [6.45, 7) is 1.21. The van der Waals surface area contributed by atoms with Crippen molar-refractivity contribution in [1.29, 1.82) is 0 Å². The summed E-state index contributed by atoms with van der Waals surface area (Å²) in [5.74, 6) is -2.24. The number of carboxylic acids is 1. The molecule has 1 aromatic carbocycles. The number of carbonyl (C=O) groups excluding carboxylic acids is 1. The normalized spacial score (nSPS) is 10.3. The Morgan fingerprint density at radius 2 is 1.62 bits per heavy atom. The van der Waals surface area contributed by atoms with Crippen LogP contribution in [0.4, 0.5) is 17.1 Å². The monoisotopic (exact) mass is 295 g/mol.